The van der Waals surface area contributed by atoms with Crippen molar-refractivity contribution in [3.63, 3.8) is 0 Å². The minimum atomic E-state index is 0.268. The summed E-state index contributed by atoms with van der Waals surface area (Å²) < 4.78 is 0. The summed E-state index contributed by atoms with van der Waals surface area (Å²) in [7, 11) is 0. The van der Waals surface area contributed by atoms with Gasteiger partial charge in [-0.3, -0.25) is 4.99 Å². The van der Waals surface area contributed by atoms with Crippen molar-refractivity contribution in [1.82, 2.24) is 0 Å². The van der Waals surface area contributed by atoms with Crippen molar-refractivity contribution >= 4 is 6.34 Å². The Morgan fingerprint density at radius 3 is 2.67 bits per heavy atom. The summed E-state index contributed by atoms with van der Waals surface area (Å²) in [5, 5.41) is 0. The van der Waals surface area contributed by atoms with Gasteiger partial charge in [0.05, 0.1) is 6.34 Å². The molecule has 0 aliphatic rings. The molecule has 0 aromatic heterocycles. The Bertz CT molecular complexity index is 98.5. The van der Waals surface area contributed by atoms with E-state index in [0.29, 0.717) is 13.1 Å². The zero-order valence-electron chi connectivity index (χ0n) is 5.46. The smallest absolute Gasteiger partial charge is 0.0797 e. The van der Waals surface area contributed by atoms with Gasteiger partial charge >= 0.3 is 0 Å². The Labute approximate surface area is 55.4 Å². The lowest BCUT2D eigenvalue weighted by atomic mass is 10.1. The van der Waals surface area contributed by atoms with Gasteiger partial charge in [-0.15, -0.1) is 6.58 Å². The molecular formula is C6H13N3. The maximum atomic E-state index is 5.34. The van der Waals surface area contributed by atoms with Crippen LogP contribution in [-0.2, 0) is 0 Å². The van der Waals surface area contributed by atoms with Crippen LogP contribution in [0.15, 0.2) is 17.6 Å². The largest absolute Gasteiger partial charge is 0.390 e. The summed E-state index contributed by atoms with van der Waals surface area (Å²) >= 11 is 0. The van der Waals surface area contributed by atoms with Crippen LogP contribution in [-0.4, -0.2) is 19.4 Å². The van der Waals surface area contributed by atoms with Gasteiger partial charge in [0.2, 0.25) is 0 Å². The first-order valence-electron chi connectivity index (χ1n) is 2.87. The molecule has 1 atom stereocenters. The molecule has 0 aromatic rings. The SMILES string of the molecule is C=CC(CN)CN=CN. The molecule has 0 spiro atoms. The second-order valence-corrected chi connectivity index (χ2v) is 1.75. The summed E-state index contributed by atoms with van der Waals surface area (Å²) in [4.78, 5) is 3.82. The van der Waals surface area contributed by atoms with E-state index in [-0.39, 0.29) is 5.92 Å². The lowest BCUT2D eigenvalue weighted by Crippen LogP contribution is -2.14. The van der Waals surface area contributed by atoms with Crippen molar-refractivity contribution in [2.24, 2.45) is 22.4 Å². The monoisotopic (exact) mass is 127 g/mol. The van der Waals surface area contributed by atoms with Crippen LogP contribution >= 0.6 is 0 Å². The molecule has 0 aliphatic heterocycles. The van der Waals surface area contributed by atoms with Crippen LogP contribution in [0.25, 0.3) is 0 Å². The van der Waals surface area contributed by atoms with Crippen LogP contribution in [0.1, 0.15) is 0 Å². The highest BCUT2D eigenvalue weighted by Crippen LogP contribution is 1.93. The maximum Gasteiger partial charge on any atom is 0.0797 e. The normalized spacial score (nSPS) is 13.9. The van der Waals surface area contributed by atoms with Gasteiger partial charge in [-0.05, 0) is 0 Å². The van der Waals surface area contributed by atoms with Crippen LogP contribution in [0, 0.1) is 5.92 Å². The fourth-order valence-corrected chi connectivity index (χ4v) is 0.442. The predicted octanol–water partition coefficient (Wildman–Crippen LogP) is -0.266. The fourth-order valence-electron chi connectivity index (χ4n) is 0.442. The van der Waals surface area contributed by atoms with Crippen LogP contribution in [0.5, 0.6) is 0 Å². The summed E-state index contributed by atoms with van der Waals surface area (Å²) in [6, 6.07) is 0. The standard InChI is InChI=1S/C6H13N3/c1-2-6(3-7)4-9-5-8/h2,5-6H,1,3-4,7H2,(H2,8,9). The molecule has 0 amide bonds. The third-order valence-electron chi connectivity index (χ3n) is 1.08. The van der Waals surface area contributed by atoms with E-state index in [9.17, 15) is 0 Å². The molecule has 3 heteroatoms. The van der Waals surface area contributed by atoms with Gasteiger partial charge < -0.3 is 11.5 Å². The lowest BCUT2D eigenvalue weighted by molar-refractivity contribution is 0.679. The van der Waals surface area contributed by atoms with E-state index in [2.05, 4.69) is 11.6 Å². The summed E-state index contributed by atoms with van der Waals surface area (Å²) in [6.45, 7) is 4.82. The van der Waals surface area contributed by atoms with Gasteiger partial charge in [-0.1, -0.05) is 6.08 Å². The van der Waals surface area contributed by atoms with E-state index in [1.807, 2.05) is 0 Å². The van der Waals surface area contributed by atoms with Crippen LogP contribution in [0.2, 0.25) is 0 Å². The highest BCUT2D eigenvalue weighted by molar-refractivity contribution is 5.51. The first kappa shape index (κ1) is 8.17. The van der Waals surface area contributed by atoms with Gasteiger partial charge in [0.25, 0.3) is 0 Å². The van der Waals surface area contributed by atoms with E-state index in [0.717, 1.165) is 0 Å². The van der Waals surface area contributed by atoms with Crippen molar-refractivity contribution in [3.05, 3.63) is 12.7 Å². The fraction of sp³-hybridized carbons (Fsp3) is 0.500. The maximum absolute atomic E-state index is 5.34. The van der Waals surface area contributed by atoms with Crippen molar-refractivity contribution in [1.29, 1.82) is 0 Å². The average Bonchev–Trinajstić information content (AvgIpc) is 1.91. The number of nitrogens with zero attached hydrogens (tertiary/aromatic N) is 1. The first-order valence-corrected chi connectivity index (χ1v) is 2.87. The Morgan fingerprint density at radius 2 is 2.33 bits per heavy atom. The Hall–Kier alpha value is -0.830. The van der Waals surface area contributed by atoms with Crippen LogP contribution < -0.4 is 11.5 Å². The topological polar surface area (TPSA) is 64.4 Å². The molecule has 52 valence electrons. The molecule has 4 N–H and O–H groups in total. The van der Waals surface area contributed by atoms with E-state index in [1.165, 1.54) is 6.34 Å². The van der Waals surface area contributed by atoms with Crippen molar-refractivity contribution in [2.75, 3.05) is 13.1 Å². The predicted molar refractivity (Wildman–Crippen MR) is 40.3 cm³/mol. The molecule has 0 saturated carbocycles. The second kappa shape index (κ2) is 5.31. The highest BCUT2D eigenvalue weighted by Gasteiger charge is 1.96. The van der Waals surface area contributed by atoms with Gasteiger partial charge in [0.1, 0.15) is 0 Å². The molecule has 0 rings (SSSR count). The molecule has 0 bridgehead atoms. The molecule has 0 aliphatic carbocycles. The number of nitrogens with two attached hydrogens (primary N) is 2. The number of hydrogen-bond donors (Lipinski definition) is 2. The Kier molecular flexibility index (Phi) is 4.82. The molecular weight excluding hydrogens is 114 g/mol. The third kappa shape index (κ3) is 3.73. The molecule has 0 saturated heterocycles. The van der Waals surface area contributed by atoms with Crippen molar-refractivity contribution in [3.8, 4) is 0 Å². The molecule has 0 radical (unpaired) electrons. The van der Waals surface area contributed by atoms with Crippen molar-refractivity contribution in [2.45, 2.75) is 0 Å². The minimum absolute atomic E-state index is 0.268. The van der Waals surface area contributed by atoms with Gasteiger partial charge in [0.15, 0.2) is 0 Å². The van der Waals surface area contributed by atoms with E-state index in [1.54, 1.807) is 6.08 Å². The lowest BCUT2D eigenvalue weighted by Gasteiger charge is -2.02. The quantitative estimate of drug-likeness (QED) is 0.310. The zero-order valence-corrected chi connectivity index (χ0v) is 5.46. The second-order valence-electron chi connectivity index (χ2n) is 1.75. The van der Waals surface area contributed by atoms with Gasteiger partial charge in [-0.25, -0.2) is 0 Å². The third-order valence-corrected chi connectivity index (χ3v) is 1.08. The number of hydrogen-bond acceptors (Lipinski definition) is 2. The zero-order chi connectivity index (χ0) is 7.11. The molecule has 0 fully saturated rings. The minimum Gasteiger partial charge on any atom is -0.390 e. The van der Waals surface area contributed by atoms with Crippen molar-refractivity contribution < 1.29 is 0 Å². The van der Waals surface area contributed by atoms with Gasteiger partial charge in [-0.2, -0.15) is 0 Å². The molecule has 0 aromatic carbocycles. The summed E-state index contributed by atoms with van der Waals surface area (Å²) in [5.74, 6) is 0.268. The van der Waals surface area contributed by atoms with E-state index < -0.39 is 0 Å². The average molecular weight is 127 g/mol. The Balaban J connectivity index is 3.42. The van der Waals surface area contributed by atoms with E-state index >= 15 is 0 Å². The molecule has 9 heavy (non-hydrogen) atoms. The number of aliphatic imine (C=N–C) groups is 1. The Morgan fingerprint density at radius 1 is 1.67 bits per heavy atom. The highest BCUT2D eigenvalue weighted by atomic mass is 14.8. The molecule has 3 nitrogen and oxygen atoms in total. The number of rotatable bonds is 4. The summed E-state index contributed by atoms with van der Waals surface area (Å²) in [6.07, 6.45) is 3.07. The van der Waals surface area contributed by atoms with Crippen LogP contribution in [0.4, 0.5) is 0 Å². The van der Waals surface area contributed by atoms with Gasteiger partial charge in [0, 0.05) is 19.0 Å². The molecule has 0 heterocycles. The molecule has 1 unspecified atom stereocenters. The summed E-state index contributed by atoms with van der Waals surface area (Å²) in [5.41, 5.74) is 10.4. The van der Waals surface area contributed by atoms with Crippen LogP contribution in [0.3, 0.4) is 0 Å². The first-order chi connectivity index (χ1) is 4.35. The van der Waals surface area contributed by atoms with E-state index in [4.69, 9.17) is 11.5 Å².